The molecule has 0 aliphatic carbocycles. The van der Waals surface area contributed by atoms with Crippen molar-refractivity contribution < 1.29 is 4.39 Å². The van der Waals surface area contributed by atoms with Gasteiger partial charge >= 0.3 is 0 Å². The van der Waals surface area contributed by atoms with Crippen LogP contribution in [0, 0.1) is 9.39 Å². The van der Waals surface area contributed by atoms with Crippen molar-refractivity contribution in [3.05, 3.63) is 33.1 Å². The van der Waals surface area contributed by atoms with E-state index in [1.165, 1.54) is 32.1 Å². The Balaban J connectivity index is 2.28. The van der Waals surface area contributed by atoms with Crippen LogP contribution >= 0.6 is 22.6 Å². The van der Waals surface area contributed by atoms with Gasteiger partial charge in [-0.25, -0.2) is 4.39 Å². The molecule has 0 nitrogen and oxygen atoms in total. The molecule has 84 valence electrons. The topological polar surface area (TPSA) is 0 Å². The van der Waals surface area contributed by atoms with Crippen molar-refractivity contribution in [3.63, 3.8) is 0 Å². The molecular formula is C13H18FI. The summed E-state index contributed by atoms with van der Waals surface area (Å²) in [4.78, 5) is 0. The Bertz CT molecular complexity index is 297. The first-order valence-electron chi connectivity index (χ1n) is 5.68. The zero-order valence-electron chi connectivity index (χ0n) is 9.23. The van der Waals surface area contributed by atoms with Crippen LogP contribution in [0.1, 0.15) is 44.6 Å². The second-order valence-corrected chi connectivity index (χ2v) is 5.07. The Kier molecular flexibility index (Phi) is 6.22. The van der Waals surface area contributed by atoms with Crippen molar-refractivity contribution in [2.24, 2.45) is 0 Å². The van der Waals surface area contributed by atoms with Gasteiger partial charge in [-0.1, -0.05) is 38.7 Å². The summed E-state index contributed by atoms with van der Waals surface area (Å²) in [6.07, 6.45) is 7.36. The number of rotatable bonds is 6. The summed E-state index contributed by atoms with van der Waals surface area (Å²) in [5.41, 5.74) is 1.13. The average molecular weight is 320 g/mol. The third kappa shape index (κ3) is 4.96. The van der Waals surface area contributed by atoms with E-state index in [1.807, 2.05) is 34.7 Å². The first-order chi connectivity index (χ1) is 7.24. The van der Waals surface area contributed by atoms with E-state index in [0.29, 0.717) is 3.57 Å². The Hall–Kier alpha value is -0.120. The second-order valence-electron chi connectivity index (χ2n) is 3.91. The standard InChI is InChI=1S/C13H18FI/c1-2-3-4-5-6-7-11-8-9-13(15)12(14)10-11/h8-10H,2-7H2,1H3. The highest BCUT2D eigenvalue weighted by Gasteiger charge is 2.00. The summed E-state index contributed by atoms with van der Waals surface area (Å²) in [5, 5.41) is 0. The minimum absolute atomic E-state index is 0.0818. The summed E-state index contributed by atoms with van der Waals surface area (Å²) < 4.78 is 13.9. The Morgan fingerprint density at radius 3 is 2.53 bits per heavy atom. The molecule has 15 heavy (non-hydrogen) atoms. The van der Waals surface area contributed by atoms with Gasteiger partial charge in [-0.05, 0) is 53.1 Å². The highest BCUT2D eigenvalue weighted by atomic mass is 127. The number of hydrogen-bond donors (Lipinski definition) is 0. The molecule has 0 N–H and O–H groups in total. The molecule has 0 unspecified atom stereocenters. The van der Waals surface area contributed by atoms with Crippen molar-refractivity contribution in [1.29, 1.82) is 0 Å². The molecule has 1 rings (SSSR count). The molecule has 0 radical (unpaired) electrons. The molecule has 0 amide bonds. The fourth-order valence-corrected chi connectivity index (χ4v) is 1.96. The molecule has 0 atom stereocenters. The fraction of sp³-hybridized carbons (Fsp3) is 0.538. The SMILES string of the molecule is CCCCCCCc1ccc(I)c(F)c1. The number of halogens is 2. The number of unbranched alkanes of at least 4 members (excludes halogenated alkanes) is 4. The molecule has 0 saturated heterocycles. The zero-order chi connectivity index (χ0) is 11.1. The van der Waals surface area contributed by atoms with Gasteiger partial charge in [-0.3, -0.25) is 0 Å². The van der Waals surface area contributed by atoms with Crippen LogP contribution in [0.5, 0.6) is 0 Å². The van der Waals surface area contributed by atoms with Crippen LogP contribution in [-0.4, -0.2) is 0 Å². The van der Waals surface area contributed by atoms with Crippen molar-refractivity contribution in [1.82, 2.24) is 0 Å². The predicted octanol–water partition coefficient (Wildman–Crippen LogP) is 4.94. The maximum Gasteiger partial charge on any atom is 0.136 e. The van der Waals surface area contributed by atoms with E-state index in [4.69, 9.17) is 0 Å². The highest BCUT2D eigenvalue weighted by Crippen LogP contribution is 2.15. The van der Waals surface area contributed by atoms with Gasteiger partial charge in [0.25, 0.3) is 0 Å². The molecule has 0 saturated carbocycles. The van der Waals surface area contributed by atoms with E-state index in [0.717, 1.165) is 12.0 Å². The Labute approximate surface area is 105 Å². The van der Waals surface area contributed by atoms with Crippen LogP contribution < -0.4 is 0 Å². The van der Waals surface area contributed by atoms with E-state index in [-0.39, 0.29) is 5.82 Å². The van der Waals surface area contributed by atoms with Crippen LogP contribution in [0.4, 0.5) is 4.39 Å². The maximum absolute atomic E-state index is 13.2. The van der Waals surface area contributed by atoms with Gasteiger partial charge in [0, 0.05) is 3.57 Å². The highest BCUT2D eigenvalue weighted by molar-refractivity contribution is 14.1. The Morgan fingerprint density at radius 2 is 1.87 bits per heavy atom. The fourth-order valence-electron chi connectivity index (χ4n) is 1.63. The van der Waals surface area contributed by atoms with E-state index in [1.54, 1.807) is 6.07 Å². The van der Waals surface area contributed by atoms with Crippen LogP contribution in [0.25, 0.3) is 0 Å². The minimum atomic E-state index is -0.0818. The lowest BCUT2D eigenvalue weighted by Gasteiger charge is -2.02. The third-order valence-electron chi connectivity index (χ3n) is 2.55. The molecule has 0 heterocycles. The molecule has 0 bridgehead atoms. The van der Waals surface area contributed by atoms with Crippen molar-refractivity contribution in [3.8, 4) is 0 Å². The predicted molar refractivity (Wildman–Crippen MR) is 71.6 cm³/mol. The lowest BCUT2D eigenvalue weighted by Crippen LogP contribution is -1.89. The molecule has 2 heteroatoms. The Morgan fingerprint density at radius 1 is 1.13 bits per heavy atom. The molecular weight excluding hydrogens is 302 g/mol. The summed E-state index contributed by atoms with van der Waals surface area (Å²) in [5.74, 6) is -0.0818. The van der Waals surface area contributed by atoms with Crippen LogP contribution in [0.15, 0.2) is 18.2 Å². The van der Waals surface area contributed by atoms with E-state index < -0.39 is 0 Å². The summed E-state index contributed by atoms with van der Waals surface area (Å²) >= 11 is 2.02. The minimum Gasteiger partial charge on any atom is -0.206 e. The molecule has 1 aromatic carbocycles. The number of hydrogen-bond acceptors (Lipinski definition) is 0. The zero-order valence-corrected chi connectivity index (χ0v) is 11.4. The normalized spacial score (nSPS) is 10.6. The monoisotopic (exact) mass is 320 g/mol. The second kappa shape index (κ2) is 7.20. The van der Waals surface area contributed by atoms with Crippen LogP contribution in [0.2, 0.25) is 0 Å². The first-order valence-corrected chi connectivity index (χ1v) is 6.76. The smallest absolute Gasteiger partial charge is 0.136 e. The van der Waals surface area contributed by atoms with Crippen LogP contribution in [0.3, 0.4) is 0 Å². The molecule has 0 aromatic heterocycles. The number of aryl methyl sites for hydroxylation is 1. The number of benzene rings is 1. The summed E-state index contributed by atoms with van der Waals surface area (Å²) in [6, 6.07) is 5.56. The van der Waals surface area contributed by atoms with Gasteiger partial charge in [0.15, 0.2) is 0 Å². The van der Waals surface area contributed by atoms with Gasteiger partial charge in [0.05, 0.1) is 0 Å². The summed E-state index contributed by atoms with van der Waals surface area (Å²) in [7, 11) is 0. The van der Waals surface area contributed by atoms with Crippen molar-refractivity contribution >= 4 is 22.6 Å². The lowest BCUT2D eigenvalue weighted by atomic mass is 10.1. The molecule has 1 aromatic rings. The molecule has 0 spiro atoms. The molecule has 0 aliphatic heterocycles. The van der Waals surface area contributed by atoms with E-state index in [9.17, 15) is 4.39 Å². The first kappa shape index (κ1) is 12.9. The van der Waals surface area contributed by atoms with Gasteiger partial charge in [0.1, 0.15) is 5.82 Å². The molecule has 0 aliphatic rings. The maximum atomic E-state index is 13.2. The van der Waals surface area contributed by atoms with Crippen molar-refractivity contribution in [2.75, 3.05) is 0 Å². The quantitative estimate of drug-likeness (QED) is 0.514. The largest absolute Gasteiger partial charge is 0.206 e. The van der Waals surface area contributed by atoms with Gasteiger partial charge in [0.2, 0.25) is 0 Å². The van der Waals surface area contributed by atoms with Gasteiger partial charge in [-0.15, -0.1) is 0 Å². The average Bonchev–Trinajstić information content (AvgIpc) is 2.23. The lowest BCUT2D eigenvalue weighted by molar-refractivity contribution is 0.610. The van der Waals surface area contributed by atoms with E-state index >= 15 is 0 Å². The van der Waals surface area contributed by atoms with Crippen LogP contribution in [-0.2, 0) is 6.42 Å². The summed E-state index contributed by atoms with van der Waals surface area (Å²) in [6.45, 7) is 2.22. The van der Waals surface area contributed by atoms with Gasteiger partial charge in [-0.2, -0.15) is 0 Å². The third-order valence-corrected chi connectivity index (χ3v) is 3.43. The van der Waals surface area contributed by atoms with Crippen molar-refractivity contribution in [2.45, 2.75) is 45.4 Å². The van der Waals surface area contributed by atoms with E-state index in [2.05, 4.69) is 6.92 Å². The molecule has 0 fully saturated rings. The van der Waals surface area contributed by atoms with Gasteiger partial charge < -0.3 is 0 Å².